The summed E-state index contributed by atoms with van der Waals surface area (Å²) in [6, 6.07) is 5.77. The van der Waals surface area contributed by atoms with Gasteiger partial charge in [0.15, 0.2) is 18.0 Å². The predicted octanol–water partition coefficient (Wildman–Crippen LogP) is -0.450. The summed E-state index contributed by atoms with van der Waals surface area (Å²) in [6.07, 6.45) is 0. The molecule has 6 heteroatoms. The molecular formula is C16H23N2O4+. The van der Waals surface area contributed by atoms with Gasteiger partial charge in [-0.05, 0) is 24.6 Å². The summed E-state index contributed by atoms with van der Waals surface area (Å²) in [4.78, 5) is 13.4. The molecule has 6 nitrogen and oxygen atoms in total. The number of ether oxygens (including phenoxy) is 3. The highest BCUT2D eigenvalue weighted by molar-refractivity contribution is 5.77. The molecule has 0 saturated carbocycles. The van der Waals surface area contributed by atoms with E-state index in [9.17, 15) is 4.79 Å². The monoisotopic (exact) mass is 307 g/mol. The number of fused-ring (bicyclic) bond motifs is 1. The van der Waals surface area contributed by atoms with Gasteiger partial charge in [-0.1, -0.05) is 6.07 Å². The van der Waals surface area contributed by atoms with E-state index in [0.717, 1.165) is 43.4 Å². The van der Waals surface area contributed by atoms with Crippen LogP contribution in [0.15, 0.2) is 18.2 Å². The third kappa shape index (κ3) is 3.69. The molecule has 0 radical (unpaired) electrons. The SMILES string of the molecule is C[C@H](NC(=O)C[NH+]1CCOCC1)c1ccc2c(c1)OCCO2. The second kappa shape index (κ2) is 6.98. The fraction of sp³-hybridized carbons (Fsp3) is 0.562. The van der Waals surface area contributed by atoms with Crippen molar-refractivity contribution in [2.24, 2.45) is 0 Å². The van der Waals surface area contributed by atoms with Crippen LogP contribution in [0.1, 0.15) is 18.5 Å². The second-order valence-electron chi connectivity index (χ2n) is 5.73. The molecule has 120 valence electrons. The Morgan fingerprint density at radius 1 is 1.18 bits per heavy atom. The average Bonchev–Trinajstić information content (AvgIpc) is 2.55. The van der Waals surface area contributed by atoms with E-state index in [1.165, 1.54) is 4.90 Å². The zero-order valence-electron chi connectivity index (χ0n) is 12.9. The van der Waals surface area contributed by atoms with Crippen LogP contribution in [-0.2, 0) is 9.53 Å². The summed E-state index contributed by atoms with van der Waals surface area (Å²) < 4.78 is 16.4. The summed E-state index contributed by atoms with van der Waals surface area (Å²) >= 11 is 0. The number of rotatable bonds is 4. The standard InChI is InChI=1S/C16H22N2O4/c1-12(17-16(19)11-18-4-6-20-7-5-18)13-2-3-14-15(10-13)22-9-8-21-14/h2-3,10,12H,4-9,11H2,1H3,(H,17,19)/p+1/t12-/m0/s1. The summed E-state index contributed by atoms with van der Waals surface area (Å²) in [7, 11) is 0. The van der Waals surface area contributed by atoms with Crippen LogP contribution in [0.3, 0.4) is 0 Å². The Labute approximate surface area is 130 Å². The first-order chi connectivity index (χ1) is 10.7. The van der Waals surface area contributed by atoms with Crippen LogP contribution in [0.2, 0.25) is 0 Å². The fourth-order valence-corrected chi connectivity index (χ4v) is 2.77. The van der Waals surface area contributed by atoms with Crippen molar-refractivity contribution in [3.8, 4) is 11.5 Å². The molecule has 22 heavy (non-hydrogen) atoms. The number of carbonyl (C=O) groups excluding carboxylic acids is 1. The lowest BCUT2D eigenvalue weighted by Crippen LogP contribution is -3.15. The van der Waals surface area contributed by atoms with Crippen molar-refractivity contribution in [1.82, 2.24) is 5.32 Å². The fourth-order valence-electron chi connectivity index (χ4n) is 2.77. The third-order valence-electron chi connectivity index (χ3n) is 4.05. The average molecular weight is 307 g/mol. The number of nitrogens with one attached hydrogen (secondary N) is 2. The molecule has 2 heterocycles. The molecule has 2 aliphatic rings. The van der Waals surface area contributed by atoms with Gasteiger partial charge in [-0.2, -0.15) is 0 Å². The Morgan fingerprint density at radius 3 is 2.68 bits per heavy atom. The Bertz CT molecular complexity index is 529. The predicted molar refractivity (Wildman–Crippen MR) is 80.4 cm³/mol. The Kier molecular flexibility index (Phi) is 4.80. The summed E-state index contributed by atoms with van der Waals surface area (Å²) in [5.41, 5.74) is 1.02. The van der Waals surface area contributed by atoms with Gasteiger partial charge in [0.25, 0.3) is 5.91 Å². The molecule has 0 aromatic heterocycles. The van der Waals surface area contributed by atoms with Crippen molar-refractivity contribution in [3.63, 3.8) is 0 Å². The van der Waals surface area contributed by atoms with E-state index in [1.807, 2.05) is 25.1 Å². The van der Waals surface area contributed by atoms with Crippen LogP contribution in [0, 0.1) is 0 Å². The second-order valence-corrected chi connectivity index (χ2v) is 5.73. The molecule has 1 aromatic rings. The van der Waals surface area contributed by atoms with Crippen LogP contribution >= 0.6 is 0 Å². The Hall–Kier alpha value is -1.79. The Balaban J connectivity index is 1.56. The molecule has 0 spiro atoms. The van der Waals surface area contributed by atoms with E-state index in [0.29, 0.717) is 19.8 Å². The van der Waals surface area contributed by atoms with Crippen LogP contribution in [0.4, 0.5) is 0 Å². The van der Waals surface area contributed by atoms with Gasteiger partial charge >= 0.3 is 0 Å². The molecule has 1 amide bonds. The van der Waals surface area contributed by atoms with Gasteiger partial charge in [-0.25, -0.2) is 0 Å². The minimum absolute atomic E-state index is 0.0521. The van der Waals surface area contributed by atoms with Crippen molar-refractivity contribution in [3.05, 3.63) is 23.8 Å². The molecule has 0 unspecified atom stereocenters. The van der Waals surface area contributed by atoms with Crippen LogP contribution in [0.25, 0.3) is 0 Å². The highest BCUT2D eigenvalue weighted by Gasteiger charge is 2.20. The lowest BCUT2D eigenvalue weighted by atomic mass is 10.1. The minimum atomic E-state index is -0.0521. The molecule has 3 rings (SSSR count). The maximum Gasteiger partial charge on any atom is 0.275 e. The number of quaternary nitrogens is 1. The zero-order chi connectivity index (χ0) is 15.4. The van der Waals surface area contributed by atoms with Gasteiger partial charge in [0.1, 0.15) is 26.3 Å². The van der Waals surface area contributed by atoms with Gasteiger partial charge in [-0.3, -0.25) is 4.79 Å². The van der Waals surface area contributed by atoms with Crippen molar-refractivity contribution >= 4 is 5.91 Å². The summed E-state index contributed by atoms with van der Waals surface area (Å²) in [5.74, 6) is 1.59. The molecular weight excluding hydrogens is 284 g/mol. The van der Waals surface area contributed by atoms with E-state index in [4.69, 9.17) is 14.2 Å². The molecule has 2 N–H and O–H groups in total. The third-order valence-corrected chi connectivity index (χ3v) is 4.05. The topological polar surface area (TPSA) is 61.2 Å². The Morgan fingerprint density at radius 2 is 1.91 bits per heavy atom. The highest BCUT2D eigenvalue weighted by Crippen LogP contribution is 2.32. The number of benzene rings is 1. The van der Waals surface area contributed by atoms with Crippen LogP contribution in [-0.4, -0.2) is 52.0 Å². The number of morpholine rings is 1. The molecule has 1 aromatic carbocycles. The van der Waals surface area contributed by atoms with Crippen molar-refractivity contribution in [2.75, 3.05) is 46.1 Å². The minimum Gasteiger partial charge on any atom is -0.486 e. The zero-order valence-corrected chi connectivity index (χ0v) is 12.9. The molecule has 1 fully saturated rings. The number of hydrogen-bond donors (Lipinski definition) is 2. The number of amides is 1. The smallest absolute Gasteiger partial charge is 0.275 e. The van der Waals surface area contributed by atoms with Crippen LogP contribution in [0.5, 0.6) is 11.5 Å². The maximum atomic E-state index is 12.2. The van der Waals surface area contributed by atoms with Crippen LogP contribution < -0.4 is 19.7 Å². The molecule has 0 bridgehead atoms. The summed E-state index contributed by atoms with van der Waals surface area (Å²) in [5, 5.41) is 3.05. The van der Waals surface area contributed by atoms with Crippen molar-refractivity contribution < 1.29 is 23.9 Å². The lowest BCUT2D eigenvalue weighted by molar-refractivity contribution is -0.900. The molecule has 0 aliphatic carbocycles. The van der Waals surface area contributed by atoms with Gasteiger partial charge < -0.3 is 24.4 Å². The van der Waals surface area contributed by atoms with E-state index in [1.54, 1.807) is 0 Å². The normalized spacial score (nSPS) is 19.5. The first kappa shape index (κ1) is 15.1. The molecule has 1 atom stereocenters. The highest BCUT2D eigenvalue weighted by atomic mass is 16.6. The van der Waals surface area contributed by atoms with Crippen molar-refractivity contribution in [2.45, 2.75) is 13.0 Å². The largest absolute Gasteiger partial charge is 0.486 e. The lowest BCUT2D eigenvalue weighted by Gasteiger charge is -2.24. The van der Waals surface area contributed by atoms with Gasteiger partial charge in [0, 0.05) is 0 Å². The van der Waals surface area contributed by atoms with E-state index in [-0.39, 0.29) is 11.9 Å². The number of carbonyl (C=O) groups is 1. The molecule has 2 aliphatic heterocycles. The molecule has 1 saturated heterocycles. The maximum absolute atomic E-state index is 12.2. The van der Waals surface area contributed by atoms with Gasteiger partial charge in [0.05, 0.1) is 19.3 Å². The summed E-state index contributed by atoms with van der Waals surface area (Å²) in [6.45, 7) is 6.90. The van der Waals surface area contributed by atoms with E-state index < -0.39 is 0 Å². The quantitative estimate of drug-likeness (QED) is 0.791. The van der Waals surface area contributed by atoms with Gasteiger partial charge in [-0.15, -0.1) is 0 Å². The van der Waals surface area contributed by atoms with Crippen molar-refractivity contribution in [1.29, 1.82) is 0 Å². The van der Waals surface area contributed by atoms with E-state index >= 15 is 0 Å². The van der Waals surface area contributed by atoms with E-state index in [2.05, 4.69) is 5.32 Å². The number of hydrogen-bond acceptors (Lipinski definition) is 4. The first-order valence-corrected chi connectivity index (χ1v) is 7.82. The van der Waals surface area contributed by atoms with Gasteiger partial charge in [0.2, 0.25) is 0 Å². The first-order valence-electron chi connectivity index (χ1n) is 7.82.